The van der Waals surface area contributed by atoms with Gasteiger partial charge in [-0.3, -0.25) is 0 Å². The summed E-state index contributed by atoms with van der Waals surface area (Å²) in [6.45, 7) is 8.24. The SMILES string of the molecule is CCC1=CC=CC(C2c3cc(Cl)ccc3-n3cccc3CC2CCC(C)=O)C1OC.CCCC. The zero-order valence-electron chi connectivity index (χ0n) is 21.4. The summed E-state index contributed by atoms with van der Waals surface area (Å²) >= 11 is 6.51. The van der Waals surface area contributed by atoms with Gasteiger partial charge in [0, 0.05) is 42.0 Å². The quantitative estimate of drug-likeness (QED) is 0.400. The normalized spacial score (nSPS) is 23.2. The summed E-state index contributed by atoms with van der Waals surface area (Å²) in [5.74, 6) is 0.991. The van der Waals surface area contributed by atoms with Crippen LogP contribution in [0.5, 0.6) is 0 Å². The van der Waals surface area contributed by atoms with Crippen molar-refractivity contribution in [1.82, 2.24) is 4.57 Å². The molecule has 0 N–H and O–H groups in total. The van der Waals surface area contributed by atoms with E-state index in [2.05, 4.69) is 74.0 Å². The standard InChI is InChI=1S/C26H30ClNO2.C4H10/c1-4-18-7-5-9-22(26(18)30-3)25-19(11-10-17(2)29)15-21-8-6-14-28(21)24-13-12-20(27)16-23(24)25;1-3-4-2/h5-9,12-14,16,19,22,25-26H,4,10-11,15H2,1-3H3;3-4H2,1-2H3. The van der Waals surface area contributed by atoms with Crippen molar-refractivity contribution in [2.75, 3.05) is 7.11 Å². The van der Waals surface area contributed by atoms with Gasteiger partial charge >= 0.3 is 0 Å². The lowest BCUT2D eigenvalue weighted by Gasteiger charge is -2.38. The second kappa shape index (κ2) is 12.6. The molecule has 1 aromatic carbocycles. The number of aromatic nitrogens is 1. The molecule has 0 spiro atoms. The first kappa shape index (κ1) is 26.5. The summed E-state index contributed by atoms with van der Waals surface area (Å²) in [6, 6.07) is 10.5. The number of hydrogen-bond donors (Lipinski definition) is 0. The summed E-state index contributed by atoms with van der Waals surface area (Å²) in [5, 5.41) is 0.750. The van der Waals surface area contributed by atoms with Crippen LogP contribution in [0.4, 0.5) is 0 Å². The van der Waals surface area contributed by atoms with E-state index in [9.17, 15) is 4.79 Å². The van der Waals surface area contributed by atoms with E-state index in [1.807, 2.05) is 13.2 Å². The number of carbonyl (C=O) groups is 1. The van der Waals surface area contributed by atoms with Gasteiger partial charge in [-0.1, -0.05) is 63.4 Å². The zero-order valence-corrected chi connectivity index (χ0v) is 22.1. The largest absolute Gasteiger partial charge is 0.376 e. The van der Waals surface area contributed by atoms with Crippen LogP contribution in [0.2, 0.25) is 5.02 Å². The number of allylic oxidation sites excluding steroid dienone is 2. The molecule has 0 saturated heterocycles. The summed E-state index contributed by atoms with van der Waals surface area (Å²) in [4.78, 5) is 11.9. The second-order valence-electron chi connectivity index (χ2n) is 9.52. The van der Waals surface area contributed by atoms with Gasteiger partial charge in [0.2, 0.25) is 0 Å². The fraction of sp³-hybridized carbons (Fsp3) is 0.500. The molecule has 4 heteroatoms. The lowest BCUT2D eigenvalue weighted by atomic mass is 9.69. The van der Waals surface area contributed by atoms with E-state index in [0.717, 1.165) is 24.3 Å². The summed E-state index contributed by atoms with van der Waals surface area (Å²) in [7, 11) is 1.81. The number of ether oxygens (including phenoxy) is 1. The molecule has 4 rings (SSSR count). The Bertz CT molecular complexity index is 1020. The number of methoxy groups -OCH3 is 1. The highest BCUT2D eigenvalue weighted by molar-refractivity contribution is 6.30. The first-order valence-electron chi connectivity index (χ1n) is 12.8. The van der Waals surface area contributed by atoms with Gasteiger partial charge in [-0.25, -0.2) is 0 Å². The Balaban J connectivity index is 0.000000751. The minimum absolute atomic E-state index is 0.0362. The first-order chi connectivity index (χ1) is 16.4. The number of halogens is 1. The fourth-order valence-electron chi connectivity index (χ4n) is 5.36. The molecule has 3 nitrogen and oxygen atoms in total. The third-order valence-electron chi connectivity index (χ3n) is 7.22. The Hall–Kier alpha value is -2.10. The van der Waals surface area contributed by atoms with Crippen molar-refractivity contribution >= 4 is 17.4 Å². The minimum Gasteiger partial charge on any atom is -0.376 e. The number of hydrogen-bond acceptors (Lipinski definition) is 2. The van der Waals surface area contributed by atoms with Gasteiger partial charge in [0.05, 0.1) is 6.10 Å². The third-order valence-corrected chi connectivity index (χ3v) is 7.46. The highest BCUT2D eigenvalue weighted by Gasteiger charge is 2.40. The van der Waals surface area contributed by atoms with Crippen LogP contribution < -0.4 is 0 Å². The van der Waals surface area contributed by atoms with E-state index >= 15 is 0 Å². The van der Waals surface area contributed by atoms with Crippen molar-refractivity contribution in [3.8, 4) is 5.69 Å². The number of nitrogens with zero attached hydrogens (tertiary/aromatic N) is 1. The first-order valence-corrected chi connectivity index (χ1v) is 13.2. The van der Waals surface area contributed by atoms with Gasteiger partial charge in [0.1, 0.15) is 5.78 Å². The predicted octanol–water partition coefficient (Wildman–Crippen LogP) is 8.10. The van der Waals surface area contributed by atoms with Gasteiger partial charge in [-0.15, -0.1) is 0 Å². The van der Waals surface area contributed by atoms with Crippen LogP contribution in [0, 0.1) is 11.8 Å². The van der Waals surface area contributed by atoms with E-state index in [0.29, 0.717) is 12.3 Å². The van der Waals surface area contributed by atoms with Crippen LogP contribution in [0.3, 0.4) is 0 Å². The highest BCUT2D eigenvalue weighted by Crippen LogP contribution is 2.47. The Labute approximate surface area is 210 Å². The van der Waals surface area contributed by atoms with Crippen LogP contribution in [0.15, 0.2) is 60.3 Å². The van der Waals surface area contributed by atoms with Gasteiger partial charge in [-0.2, -0.15) is 0 Å². The Morgan fingerprint density at radius 1 is 1.18 bits per heavy atom. The van der Waals surface area contributed by atoms with Crippen molar-refractivity contribution in [2.24, 2.45) is 11.8 Å². The molecule has 0 amide bonds. The molecule has 34 heavy (non-hydrogen) atoms. The highest BCUT2D eigenvalue weighted by atomic mass is 35.5. The van der Waals surface area contributed by atoms with Crippen molar-refractivity contribution in [2.45, 2.75) is 78.2 Å². The van der Waals surface area contributed by atoms with Crippen LogP contribution in [0.25, 0.3) is 5.69 Å². The number of carbonyl (C=O) groups excluding carboxylic acids is 1. The Morgan fingerprint density at radius 3 is 2.59 bits per heavy atom. The van der Waals surface area contributed by atoms with Gasteiger partial charge in [0.15, 0.2) is 0 Å². The van der Waals surface area contributed by atoms with Gasteiger partial charge in [-0.05, 0) is 79.5 Å². The van der Waals surface area contributed by atoms with Crippen LogP contribution in [-0.4, -0.2) is 23.6 Å². The molecule has 4 atom stereocenters. The fourth-order valence-corrected chi connectivity index (χ4v) is 5.54. The second-order valence-corrected chi connectivity index (χ2v) is 9.95. The smallest absolute Gasteiger partial charge is 0.129 e. The summed E-state index contributed by atoms with van der Waals surface area (Å²) in [5.41, 5.74) is 5.04. The van der Waals surface area contributed by atoms with E-state index < -0.39 is 0 Å². The van der Waals surface area contributed by atoms with E-state index in [4.69, 9.17) is 16.3 Å². The molecule has 1 aromatic heterocycles. The maximum absolute atomic E-state index is 11.9. The molecular weight excluding hydrogens is 442 g/mol. The number of unbranched alkanes of at least 4 members (excludes halogenated alkanes) is 1. The molecule has 0 radical (unpaired) electrons. The molecule has 1 aliphatic carbocycles. The number of Topliss-reactive ketones (excluding diaryl/α,β-unsaturated/α-hetero) is 1. The molecule has 0 fully saturated rings. The number of fused-ring (bicyclic) bond motifs is 3. The monoisotopic (exact) mass is 481 g/mol. The van der Waals surface area contributed by atoms with Crippen LogP contribution in [0.1, 0.15) is 77.0 Å². The lowest BCUT2D eigenvalue weighted by Crippen LogP contribution is -2.34. The molecule has 4 unspecified atom stereocenters. The van der Waals surface area contributed by atoms with E-state index in [1.54, 1.807) is 6.92 Å². The third kappa shape index (κ3) is 5.93. The van der Waals surface area contributed by atoms with Gasteiger partial charge in [0.25, 0.3) is 0 Å². The Kier molecular flexibility index (Phi) is 9.79. The van der Waals surface area contributed by atoms with Crippen molar-refractivity contribution in [3.05, 3.63) is 76.6 Å². The predicted molar refractivity (Wildman–Crippen MR) is 143 cm³/mol. The summed E-state index contributed by atoms with van der Waals surface area (Å²) in [6.07, 6.45) is 14.8. The molecule has 2 heterocycles. The van der Waals surface area contributed by atoms with E-state index in [1.165, 1.54) is 35.4 Å². The maximum atomic E-state index is 11.9. The van der Waals surface area contributed by atoms with Crippen molar-refractivity contribution in [3.63, 3.8) is 0 Å². The summed E-state index contributed by atoms with van der Waals surface area (Å²) < 4.78 is 8.34. The lowest BCUT2D eigenvalue weighted by molar-refractivity contribution is -0.117. The Morgan fingerprint density at radius 2 is 1.94 bits per heavy atom. The maximum Gasteiger partial charge on any atom is 0.129 e. The molecule has 184 valence electrons. The van der Waals surface area contributed by atoms with Gasteiger partial charge < -0.3 is 14.1 Å². The molecule has 2 aliphatic rings. The minimum atomic E-state index is 0.0362. The topological polar surface area (TPSA) is 31.2 Å². The molecular formula is C30H40ClNO2. The average molecular weight is 482 g/mol. The molecule has 2 aromatic rings. The van der Waals surface area contributed by atoms with Crippen molar-refractivity contribution < 1.29 is 9.53 Å². The molecule has 1 aliphatic heterocycles. The molecule has 0 bridgehead atoms. The van der Waals surface area contributed by atoms with Crippen LogP contribution >= 0.6 is 11.6 Å². The van der Waals surface area contributed by atoms with E-state index in [-0.39, 0.29) is 23.7 Å². The molecule has 0 saturated carbocycles. The number of benzene rings is 1. The number of ketones is 1. The average Bonchev–Trinajstić information content (AvgIpc) is 3.25. The van der Waals surface area contributed by atoms with Crippen LogP contribution in [-0.2, 0) is 16.0 Å². The van der Waals surface area contributed by atoms with Crippen molar-refractivity contribution in [1.29, 1.82) is 0 Å². The zero-order chi connectivity index (χ0) is 24.7. The number of rotatable bonds is 7.